The number of hydrogen-bond acceptors (Lipinski definition) is 3. The van der Waals surface area contributed by atoms with Crippen LogP contribution in [0, 0.1) is 22.6 Å². The van der Waals surface area contributed by atoms with Crippen molar-refractivity contribution < 1.29 is 9.50 Å². The lowest BCUT2D eigenvalue weighted by Crippen LogP contribution is -2.16. The number of hydrogen-bond donors (Lipinski definition) is 2. The van der Waals surface area contributed by atoms with Gasteiger partial charge in [-0.15, -0.1) is 0 Å². The van der Waals surface area contributed by atoms with Crippen molar-refractivity contribution in [3.63, 3.8) is 0 Å². The number of nitrogens with zero attached hydrogens (tertiary/aromatic N) is 1. The smallest absolute Gasteiger partial charge is 0.126 e. The summed E-state index contributed by atoms with van der Waals surface area (Å²) in [6, 6.07) is 6.16. The van der Waals surface area contributed by atoms with Crippen LogP contribution in [0.3, 0.4) is 0 Å². The first-order chi connectivity index (χ1) is 8.17. The normalized spacial score (nSPS) is 16.3. The minimum atomic E-state index is -0.404. The van der Waals surface area contributed by atoms with Crippen molar-refractivity contribution in [3.05, 3.63) is 29.6 Å². The minimum Gasteiger partial charge on any atom is -0.396 e. The average Bonchev–Trinajstić information content (AvgIpc) is 3.07. The highest BCUT2D eigenvalue weighted by Crippen LogP contribution is 2.48. The maximum Gasteiger partial charge on any atom is 0.126 e. The van der Waals surface area contributed by atoms with Gasteiger partial charge in [0.1, 0.15) is 5.82 Å². The Hall–Kier alpha value is -1.60. The molecule has 0 unspecified atom stereocenters. The predicted octanol–water partition coefficient (Wildman–Crippen LogP) is 2.27. The van der Waals surface area contributed by atoms with Gasteiger partial charge in [0.25, 0.3) is 0 Å². The summed E-state index contributed by atoms with van der Waals surface area (Å²) in [5.74, 6) is -0.404. The molecule has 2 rings (SSSR count). The molecule has 2 N–H and O–H groups in total. The Labute approximate surface area is 99.9 Å². The van der Waals surface area contributed by atoms with Gasteiger partial charge in [0.2, 0.25) is 0 Å². The predicted molar refractivity (Wildman–Crippen MR) is 63.0 cm³/mol. The van der Waals surface area contributed by atoms with Crippen LogP contribution < -0.4 is 5.32 Å². The molecule has 1 fully saturated rings. The maximum atomic E-state index is 13.2. The zero-order valence-corrected chi connectivity index (χ0v) is 9.54. The first-order valence-corrected chi connectivity index (χ1v) is 5.73. The van der Waals surface area contributed by atoms with Crippen molar-refractivity contribution in [3.8, 4) is 6.07 Å². The van der Waals surface area contributed by atoms with E-state index in [4.69, 9.17) is 10.4 Å². The van der Waals surface area contributed by atoms with E-state index in [9.17, 15) is 4.39 Å². The molecule has 0 aliphatic heterocycles. The van der Waals surface area contributed by atoms with Gasteiger partial charge in [0, 0.05) is 18.8 Å². The Balaban J connectivity index is 2.00. The Kier molecular flexibility index (Phi) is 3.30. The van der Waals surface area contributed by atoms with Crippen LogP contribution in [-0.2, 0) is 0 Å². The third kappa shape index (κ3) is 2.95. The van der Waals surface area contributed by atoms with Crippen molar-refractivity contribution in [2.45, 2.75) is 19.3 Å². The Bertz CT molecular complexity index is 449. The van der Waals surface area contributed by atoms with Crippen LogP contribution in [0.2, 0.25) is 0 Å². The summed E-state index contributed by atoms with van der Waals surface area (Å²) in [6.45, 7) is 0.913. The molecule has 0 atom stereocenters. The van der Waals surface area contributed by atoms with Gasteiger partial charge in [-0.05, 0) is 42.9 Å². The van der Waals surface area contributed by atoms with Gasteiger partial charge in [0.05, 0.1) is 11.6 Å². The second-order valence-corrected chi connectivity index (χ2v) is 4.67. The van der Waals surface area contributed by atoms with Gasteiger partial charge in [-0.3, -0.25) is 0 Å². The molecule has 0 heterocycles. The van der Waals surface area contributed by atoms with Gasteiger partial charge in [-0.2, -0.15) is 5.26 Å². The molecule has 1 aromatic carbocycles. The van der Waals surface area contributed by atoms with E-state index in [1.807, 2.05) is 6.07 Å². The fraction of sp³-hybridized carbons (Fsp3) is 0.462. The quantitative estimate of drug-likeness (QED) is 0.821. The van der Waals surface area contributed by atoms with Crippen LogP contribution in [0.1, 0.15) is 24.8 Å². The Morgan fingerprint density at radius 3 is 2.76 bits per heavy atom. The molecule has 17 heavy (non-hydrogen) atoms. The van der Waals surface area contributed by atoms with E-state index in [2.05, 4.69) is 5.32 Å². The minimum absolute atomic E-state index is 0.174. The summed E-state index contributed by atoms with van der Waals surface area (Å²) in [6.07, 6.45) is 2.97. The number of benzene rings is 1. The summed E-state index contributed by atoms with van der Waals surface area (Å²) in [5.41, 5.74) is 1.12. The van der Waals surface area contributed by atoms with E-state index in [0.29, 0.717) is 11.3 Å². The lowest BCUT2D eigenvalue weighted by molar-refractivity contribution is 0.253. The highest BCUT2D eigenvalue weighted by atomic mass is 19.1. The van der Waals surface area contributed by atoms with E-state index in [1.165, 1.54) is 12.1 Å². The van der Waals surface area contributed by atoms with E-state index < -0.39 is 5.82 Å². The van der Waals surface area contributed by atoms with Crippen LogP contribution in [-0.4, -0.2) is 18.3 Å². The van der Waals surface area contributed by atoms with Gasteiger partial charge in [0.15, 0.2) is 0 Å². The fourth-order valence-electron chi connectivity index (χ4n) is 1.97. The molecular formula is C13H15FN2O. The lowest BCUT2D eigenvalue weighted by atomic mass is 10.0. The molecule has 4 heteroatoms. The largest absolute Gasteiger partial charge is 0.396 e. The van der Waals surface area contributed by atoms with E-state index in [1.54, 1.807) is 6.07 Å². The molecular weight excluding hydrogens is 219 g/mol. The van der Waals surface area contributed by atoms with Crippen molar-refractivity contribution in [1.29, 1.82) is 5.26 Å². The van der Waals surface area contributed by atoms with Gasteiger partial charge in [-0.1, -0.05) is 0 Å². The SMILES string of the molecule is N#Cc1cc(F)cc(NCC2(CCO)CC2)c1. The molecule has 0 saturated heterocycles. The summed E-state index contributed by atoms with van der Waals surface area (Å²) in [7, 11) is 0. The molecule has 0 amide bonds. The second-order valence-electron chi connectivity index (χ2n) is 4.67. The van der Waals surface area contributed by atoms with Crippen molar-refractivity contribution in [2.75, 3.05) is 18.5 Å². The third-order valence-electron chi connectivity index (χ3n) is 3.29. The third-order valence-corrected chi connectivity index (χ3v) is 3.29. The molecule has 1 aliphatic carbocycles. The van der Waals surface area contributed by atoms with Gasteiger partial charge < -0.3 is 10.4 Å². The van der Waals surface area contributed by atoms with Crippen molar-refractivity contribution in [2.24, 2.45) is 5.41 Å². The van der Waals surface area contributed by atoms with Gasteiger partial charge >= 0.3 is 0 Å². The number of halogens is 1. The zero-order chi connectivity index (χ0) is 12.3. The topological polar surface area (TPSA) is 56.0 Å². The van der Waals surface area contributed by atoms with E-state index in [0.717, 1.165) is 25.8 Å². The molecule has 1 aliphatic rings. The number of aliphatic hydroxyl groups is 1. The van der Waals surface area contributed by atoms with Crippen LogP contribution >= 0.6 is 0 Å². The summed E-state index contributed by atoms with van der Waals surface area (Å²) >= 11 is 0. The monoisotopic (exact) mass is 234 g/mol. The Morgan fingerprint density at radius 1 is 1.41 bits per heavy atom. The molecule has 0 spiro atoms. The second kappa shape index (κ2) is 4.72. The number of nitriles is 1. The standard InChI is InChI=1S/C13H15FN2O/c14-11-5-10(8-15)6-12(7-11)16-9-13(1-2-13)3-4-17/h5-7,16-17H,1-4,9H2. The molecule has 0 aromatic heterocycles. The highest BCUT2D eigenvalue weighted by molar-refractivity contribution is 5.50. The average molecular weight is 234 g/mol. The molecule has 0 bridgehead atoms. The van der Waals surface area contributed by atoms with Crippen LogP contribution in [0.5, 0.6) is 0 Å². The number of aliphatic hydroxyl groups excluding tert-OH is 1. The number of nitrogens with one attached hydrogen (secondary N) is 1. The highest BCUT2D eigenvalue weighted by Gasteiger charge is 2.41. The molecule has 1 aromatic rings. The molecule has 0 radical (unpaired) electrons. The summed E-state index contributed by atoms with van der Waals surface area (Å²) in [5, 5.41) is 20.8. The summed E-state index contributed by atoms with van der Waals surface area (Å²) < 4.78 is 13.2. The zero-order valence-electron chi connectivity index (χ0n) is 9.54. The first-order valence-electron chi connectivity index (χ1n) is 5.73. The van der Waals surface area contributed by atoms with Crippen molar-refractivity contribution in [1.82, 2.24) is 0 Å². The lowest BCUT2D eigenvalue weighted by Gasteiger charge is -2.15. The van der Waals surface area contributed by atoms with Gasteiger partial charge in [-0.25, -0.2) is 4.39 Å². The first kappa shape index (κ1) is 11.9. The van der Waals surface area contributed by atoms with Crippen LogP contribution in [0.25, 0.3) is 0 Å². The number of anilines is 1. The number of rotatable bonds is 5. The molecule has 90 valence electrons. The molecule has 1 saturated carbocycles. The van der Waals surface area contributed by atoms with Crippen LogP contribution in [0.4, 0.5) is 10.1 Å². The van der Waals surface area contributed by atoms with E-state index in [-0.39, 0.29) is 12.0 Å². The van der Waals surface area contributed by atoms with Crippen LogP contribution in [0.15, 0.2) is 18.2 Å². The van der Waals surface area contributed by atoms with Crippen molar-refractivity contribution >= 4 is 5.69 Å². The fourth-order valence-corrected chi connectivity index (χ4v) is 1.97. The van der Waals surface area contributed by atoms with E-state index >= 15 is 0 Å². The Morgan fingerprint density at radius 2 is 2.18 bits per heavy atom. The summed E-state index contributed by atoms with van der Waals surface area (Å²) in [4.78, 5) is 0. The maximum absolute atomic E-state index is 13.2. The molecule has 3 nitrogen and oxygen atoms in total.